The van der Waals surface area contributed by atoms with E-state index in [-0.39, 0.29) is 24.0 Å². The van der Waals surface area contributed by atoms with Crippen LogP contribution in [0.5, 0.6) is 0 Å². The first-order valence-corrected chi connectivity index (χ1v) is 10.1. The summed E-state index contributed by atoms with van der Waals surface area (Å²) in [6, 6.07) is 8.43. The summed E-state index contributed by atoms with van der Waals surface area (Å²) in [4.78, 5) is 6.94. The molecule has 0 bridgehead atoms. The average molecular weight is 504 g/mol. The van der Waals surface area contributed by atoms with E-state index in [1.54, 1.807) is 0 Å². The van der Waals surface area contributed by atoms with E-state index in [2.05, 4.69) is 53.6 Å². The lowest BCUT2D eigenvalue weighted by atomic mass is 10.1. The van der Waals surface area contributed by atoms with Crippen LogP contribution in [0.2, 0.25) is 0 Å². The monoisotopic (exact) mass is 504 g/mol. The van der Waals surface area contributed by atoms with Crippen LogP contribution in [0.15, 0.2) is 29.3 Å². The molecule has 1 unspecified atom stereocenters. The molecule has 1 aliphatic rings. The second kappa shape index (κ2) is 13.3. The first-order chi connectivity index (χ1) is 13.0. The number of ether oxygens (including phenoxy) is 1. The van der Waals surface area contributed by atoms with Crippen molar-refractivity contribution in [2.24, 2.45) is 4.99 Å². The molecule has 1 fully saturated rings. The molecule has 0 saturated carbocycles. The van der Waals surface area contributed by atoms with Crippen molar-refractivity contribution in [3.63, 3.8) is 0 Å². The maximum absolute atomic E-state index is 10.8. The molecule has 6 nitrogen and oxygen atoms in total. The Morgan fingerprint density at radius 3 is 2.54 bits per heavy atom. The number of aliphatic imine (C=N–C) groups is 1. The van der Waals surface area contributed by atoms with E-state index in [4.69, 9.17) is 9.73 Å². The number of nitrogens with zero attached hydrogens (tertiary/aromatic N) is 2. The number of guanidine groups is 1. The minimum Gasteiger partial charge on any atom is -0.387 e. The van der Waals surface area contributed by atoms with Gasteiger partial charge in [-0.1, -0.05) is 43.2 Å². The highest BCUT2D eigenvalue weighted by Crippen LogP contribution is 2.08. The van der Waals surface area contributed by atoms with Crippen molar-refractivity contribution in [1.29, 1.82) is 0 Å². The van der Waals surface area contributed by atoms with Crippen LogP contribution < -0.4 is 10.6 Å². The highest BCUT2D eigenvalue weighted by atomic mass is 127. The Balaban J connectivity index is 0.00000392. The number of benzene rings is 1. The third-order valence-electron chi connectivity index (χ3n) is 4.67. The lowest BCUT2D eigenvalue weighted by Gasteiger charge is -2.34. The molecular formula is C21H37IN4O2. The van der Waals surface area contributed by atoms with Crippen LogP contribution in [0, 0.1) is 6.92 Å². The van der Waals surface area contributed by atoms with Crippen molar-refractivity contribution in [1.82, 2.24) is 15.5 Å². The van der Waals surface area contributed by atoms with Crippen LogP contribution in [0.1, 0.15) is 37.8 Å². The first-order valence-electron chi connectivity index (χ1n) is 10.1. The quantitative estimate of drug-likeness (QED) is 0.209. The van der Waals surface area contributed by atoms with E-state index < -0.39 is 5.60 Å². The predicted molar refractivity (Wildman–Crippen MR) is 127 cm³/mol. The third-order valence-corrected chi connectivity index (χ3v) is 4.67. The van der Waals surface area contributed by atoms with Gasteiger partial charge in [0.1, 0.15) is 0 Å². The maximum Gasteiger partial charge on any atom is 0.191 e. The average Bonchev–Trinajstić information content (AvgIpc) is 2.65. The van der Waals surface area contributed by atoms with Crippen LogP contribution in [0.25, 0.3) is 0 Å². The smallest absolute Gasteiger partial charge is 0.191 e. The Bertz CT molecular complexity index is 572. The molecule has 28 heavy (non-hydrogen) atoms. The Morgan fingerprint density at radius 2 is 1.89 bits per heavy atom. The van der Waals surface area contributed by atoms with Crippen molar-refractivity contribution in [2.75, 3.05) is 45.9 Å². The molecule has 160 valence electrons. The highest BCUT2D eigenvalue weighted by Gasteiger charge is 2.25. The van der Waals surface area contributed by atoms with Gasteiger partial charge in [-0.15, -0.1) is 24.0 Å². The zero-order valence-electron chi connectivity index (χ0n) is 17.5. The summed E-state index contributed by atoms with van der Waals surface area (Å²) in [6.45, 7) is 11.9. The Labute approximate surface area is 187 Å². The van der Waals surface area contributed by atoms with E-state index in [0.717, 1.165) is 51.6 Å². The summed E-state index contributed by atoms with van der Waals surface area (Å²) in [6.07, 6.45) is 2.22. The topological polar surface area (TPSA) is 69.1 Å². The largest absolute Gasteiger partial charge is 0.387 e. The Morgan fingerprint density at radius 1 is 1.21 bits per heavy atom. The number of aliphatic hydroxyl groups is 1. The third kappa shape index (κ3) is 10.0. The van der Waals surface area contributed by atoms with Crippen molar-refractivity contribution >= 4 is 29.9 Å². The van der Waals surface area contributed by atoms with E-state index >= 15 is 0 Å². The molecule has 0 aliphatic carbocycles. The normalized spacial score (nSPS) is 17.5. The number of β-amino-alcohol motifs (C(OH)–C–C–N with tert-alkyl or cyclic N) is 1. The number of halogens is 1. The van der Waals surface area contributed by atoms with Crippen molar-refractivity contribution in [2.45, 2.75) is 45.8 Å². The van der Waals surface area contributed by atoms with Crippen LogP contribution in [-0.2, 0) is 11.3 Å². The first kappa shape index (κ1) is 25.1. The Kier molecular flexibility index (Phi) is 12.0. The molecular weight excluding hydrogens is 467 g/mol. The lowest BCUT2D eigenvalue weighted by molar-refractivity contribution is -0.0201. The van der Waals surface area contributed by atoms with Gasteiger partial charge in [0.15, 0.2) is 5.96 Å². The number of unbranched alkanes of at least 4 members (excludes halogenated alkanes) is 1. The van der Waals surface area contributed by atoms with Gasteiger partial charge in [0.2, 0.25) is 0 Å². The van der Waals surface area contributed by atoms with Crippen LogP contribution >= 0.6 is 24.0 Å². The molecule has 1 saturated heterocycles. The highest BCUT2D eigenvalue weighted by molar-refractivity contribution is 14.0. The second-order valence-corrected chi connectivity index (χ2v) is 7.67. The molecule has 1 aliphatic heterocycles. The molecule has 0 spiro atoms. The number of hydrogen-bond acceptors (Lipinski definition) is 4. The van der Waals surface area contributed by atoms with Crippen molar-refractivity contribution < 1.29 is 9.84 Å². The zero-order valence-corrected chi connectivity index (χ0v) is 19.9. The van der Waals surface area contributed by atoms with Gasteiger partial charge in [0.25, 0.3) is 0 Å². The van der Waals surface area contributed by atoms with Gasteiger partial charge in [-0.05, 0) is 25.8 Å². The second-order valence-electron chi connectivity index (χ2n) is 7.67. The summed E-state index contributed by atoms with van der Waals surface area (Å²) in [5.74, 6) is 0.756. The van der Waals surface area contributed by atoms with Gasteiger partial charge < -0.3 is 20.5 Å². The van der Waals surface area contributed by atoms with Gasteiger partial charge >= 0.3 is 0 Å². The molecule has 7 heteroatoms. The van der Waals surface area contributed by atoms with Crippen molar-refractivity contribution in [3.05, 3.63) is 35.4 Å². The van der Waals surface area contributed by atoms with Gasteiger partial charge in [0, 0.05) is 32.7 Å². The molecule has 2 rings (SSSR count). The SMILES string of the molecule is CCCCNC(=NCc1ccc(C)cc1)NCC(C)(O)CN1CCOCC1.I. The summed E-state index contributed by atoms with van der Waals surface area (Å²) < 4.78 is 5.38. The van der Waals surface area contributed by atoms with E-state index in [0.29, 0.717) is 19.6 Å². The number of rotatable bonds is 9. The van der Waals surface area contributed by atoms with Gasteiger partial charge in [-0.3, -0.25) is 4.90 Å². The van der Waals surface area contributed by atoms with Crippen LogP contribution in [-0.4, -0.2) is 67.5 Å². The number of nitrogens with one attached hydrogen (secondary N) is 2. The number of aryl methyl sites for hydroxylation is 1. The molecule has 1 atom stereocenters. The van der Waals surface area contributed by atoms with Crippen molar-refractivity contribution in [3.8, 4) is 0 Å². The van der Waals surface area contributed by atoms with E-state index in [1.165, 1.54) is 11.1 Å². The van der Waals surface area contributed by atoms with Gasteiger partial charge in [0.05, 0.1) is 25.4 Å². The minimum atomic E-state index is -0.825. The van der Waals surface area contributed by atoms with Gasteiger partial charge in [-0.2, -0.15) is 0 Å². The maximum atomic E-state index is 10.8. The number of morpholine rings is 1. The molecule has 3 N–H and O–H groups in total. The van der Waals surface area contributed by atoms with Gasteiger partial charge in [-0.25, -0.2) is 4.99 Å². The number of hydrogen-bond donors (Lipinski definition) is 3. The van der Waals surface area contributed by atoms with Crippen LogP contribution in [0.3, 0.4) is 0 Å². The zero-order chi connectivity index (χ0) is 19.5. The fourth-order valence-corrected chi connectivity index (χ4v) is 2.99. The molecule has 0 radical (unpaired) electrons. The summed E-state index contributed by atoms with van der Waals surface area (Å²) in [7, 11) is 0. The van der Waals surface area contributed by atoms with E-state index in [1.807, 2.05) is 6.92 Å². The summed E-state index contributed by atoms with van der Waals surface area (Å²) in [5.41, 5.74) is 1.60. The van der Waals surface area contributed by atoms with Crippen LogP contribution in [0.4, 0.5) is 0 Å². The molecule has 1 heterocycles. The summed E-state index contributed by atoms with van der Waals surface area (Å²) in [5, 5.41) is 17.5. The fraction of sp³-hybridized carbons (Fsp3) is 0.667. The molecule has 0 aromatic heterocycles. The minimum absolute atomic E-state index is 0. The summed E-state index contributed by atoms with van der Waals surface area (Å²) >= 11 is 0. The predicted octanol–water partition coefficient (Wildman–Crippen LogP) is 2.53. The fourth-order valence-electron chi connectivity index (χ4n) is 2.99. The molecule has 1 aromatic rings. The standard InChI is InChI=1S/C21H36N4O2.HI/c1-4-5-10-22-20(23-15-19-8-6-18(2)7-9-19)24-16-21(3,26)17-25-11-13-27-14-12-25;/h6-9,26H,4-5,10-17H2,1-3H3,(H2,22,23,24);1H. The van der Waals surface area contributed by atoms with E-state index in [9.17, 15) is 5.11 Å². The molecule has 0 amide bonds. The Hall–Kier alpha value is -0.900. The lowest BCUT2D eigenvalue weighted by Crippen LogP contribution is -2.53. The molecule has 1 aromatic carbocycles.